The Bertz CT molecular complexity index is 599. The Labute approximate surface area is 128 Å². The number of furan rings is 1. The lowest BCUT2D eigenvalue weighted by molar-refractivity contribution is 0.249. The van der Waals surface area contributed by atoms with Gasteiger partial charge >= 0.3 is 6.03 Å². The molecule has 1 heterocycles. The molecule has 0 spiro atoms. The van der Waals surface area contributed by atoms with Gasteiger partial charge in [0.05, 0.1) is 25.3 Å². The van der Waals surface area contributed by atoms with Crippen molar-refractivity contribution in [2.24, 2.45) is 0 Å². The molecule has 1 atom stereocenters. The topological polar surface area (TPSA) is 63.5 Å². The zero-order valence-corrected chi connectivity index (χ0v) is 12.6. The van der Waals surface area contributed by atoms with E-state index in [0.29, 0.717) is 22.9 Å². The largest absolute Gasteiger partial charge is 0.495 e. The molecule has 21 heavy (non-hydrogen) atoms. The van der Waals surface area contributed by atoms with Gasteiger partial charge < -0.3 is 19.8 Å². The summed E-state index contributed by atoms with van der Waals surface area (Å²) in [6.45, 7) is 1.92. The molecular formula is C15H17ClN2O3. The molecule has 5 nitrogen and oxygen atoms in total. The van der Waals surface area contributed by atoms with Crippen molar-refractivity contribution in [2.75, 3.05) is 12.4 Å². The molecule has 2 N–H and O–H groups in total. The molecule has 0 saturated heterocycles. The first kappa shape index (κ1) is 15.3. The Morgan fingerprint density at radius 1 is 1.43 bits per heavy atom. The number of nitrogens with one attached hydrogen (secondary N) is 2. The number of amides is 2. The number of carbonyl (C=O) groups is 1. The van der Waals surface area contributed by atoms with E-state index in [4.69, 9.17) is 20.8 Å². The molecule has 2 aromatic rings. The van der Waals surface area contributed by atoms with Crippen molar-refractivity contribution in [2.45, 2.75) is 19.4 Å². The van der Waals surface area contributed by atoms with E-state index in [9.17, 15) is 4.79 Å². The van der Waals surface area contributed by atoms with Crippen molar-refractivity contribution >= 4 is 23.3 Å². The van der Waals surface area contributed by atoms with Crippen LogP contribution < -0.4 is 15.4 Å². The molecule has 2 amide bonds. The van der Waals surface area contributed by atoms with Crippen LogP contribution in [0.1, 0.15) is 12.5 Å². The number of benzene rings is 1. The zero-order valence-electron chi connectivity index (χ0n) is 11.9. The monoisotopic (exact) mass is 308 g/mol. The van der Waals surface area contributed by atoms with Crippen LogP contribution in [0.4, 0.5) is 10.5 Å². The summed E-state index contributed by atoms with van der Waals surface area (Å²) in [5.41, 5.74) is 1.56. The lowest BCUT2D eigenvalue weighted by atomic mass is 10.1. The van der Waals surface area contributed by atoms with Gasteiger partial charge in [0.25, 0.3) is 0 Å². The van der Waals surface area contributed by atoms with Gasteiger partial charge in [0.15, 0.2) is 0 Å². The highest BCUT2D eigenvalue weighted by atomic mass is 35.5. The molecule has 0 saturated carbocycles. The van der Waals surface area contributed by atoms with Crippen molar-refractivity contribution in [1.29, 1.82) is 0 Å². The van der Waals surface area contributed by atoms with Crippen LogP contribution in [0.5, 0.6) is 5.75 Å². The number of halogens is 1. The molecule has 0 aliphatic rings. The van der Waals surface area contributed by atoms with E-state index in [1.165, 1.54) is 7.11 Å². The van der Waals surface area contributed by atoms with E-state index >= 15 is 0 Å². The fourth-order valence-electron chi connectivity index (χ4n) is 1.97. The second kappa shape index (κ2) is 7.04. The molecule has 2 rings (SSSR count). The first-order chi connectivity index (χ1) is 10.1. The standard InChI is InChI=1S/C15H17ClN2O3/c1-10(7-11-5-6-21-9-11)17-15(19)18-13-8-12(16)3-4-14(13)20-2/h3-6,8-10H,7H2,1-2H3,(H2,17,18,19). The Hall–Kier alpha value is -2.14. The minimum absolute atomic E-state index is 0.0345. The number of carbonyl (C=O) groups excluding carboxylic acids is 1. The van der Waals surface area contributed by atoms with Crippen LogP contribution in [0.15, 0.2) is 41.2 Å². The first-order valence-electron chi connectivity index (χ1n) is 6.50. The molecule has 0 aliphatic carbocycles. The molecule has 0 aliphatic heterocycles. The van der Waals surface area contributed by atoms with Gasteiger partial charge in [0.2, 0.25) is 0 Å². The van der Waals surface area contributed by atoms with Gasteiger partial charge in [-0.2, -0.15) is 0 Å². The van der Waals surface area contributed by atoms with Crippen molar-refractivity contribution in [1.82, 2.24) is 5.32 Å². The van der Waals surface area contributed by atoms with Crippen LogP contribution in [0.25, 0.3) is 0 Å². The molecule has 6 heteroatoms. The highest BCUT2D eigenvalue weighted by molar-refractivity contribution is 6.31. The summed E-state index contributed by atoms with van der Waals surface area (Å²) in [5.74, 6) is 0.553. The normalized spacial score (nSPS) is 11.8. The van der Waals surface area contributed by atoms with E-state index in [2.05, 4.69) is 10.6 Å². The molecule has 0 radical (unpaired) electrons. The summed E-state index contributed by atoms with van der Waals surface area (Å²) >= 11 is 5.92. The third kappa shape index (κ3) is 4.43. The Morgan fingerprint density at radius 2 is 2.24 bits per heavy atom. The van der Waals surface area contributed by atoms with Crippen molar-refractivity contribution in [3.63, 3.8) is 0 Å². The van der Waals surface area contributed by atoms with Crippen LogP contribution in [-0.2, 0) is 6.42 Å². The highest BCUT2D eigenvalue weighted by Gasteiger charge is 2.11. The van der Waals surface area contributed by atoms with Gasteiger partial charge in [-0.15, -0.1) is 0 Å². The maximum absolute atomic E-state index is 12.0. The third-order valence-electron chi connectivity index (χ3n) is 2.91. The lowest BCUT2D eigenvalue weighted by Crippen LogP contribution is -2.37. The van der Waals surface area contributed by atoms with E-state index < -0.39 is 0 Å². The molecule has 1 aromatic carbocycles. The van der Waals surface area contributed by atoms with E-state index in [-0.39, 0.29) is 12.1 Å². The van der Waals surface area contributed by atoms with Gasteiger partial charge in [-0.25, -0.2) is 4.79 Å². The Morgan fingerprint density at radius 3 is 2.90 bits per heavy atom. The molecule has 112 valence electrons. The summed E-state index contributed by atoms with van der Waals surface area (Å²) in [6.07, 6.45) is 3.96. The van der Waals surface area contributed by atoms with Gasteiger partial charge in [0, 0.05) is 11.1 Å². The maximum atomic E-state index is 12.0. The number of hydrogen-bond donors (Lipinski definition) is 2. The third-order valence-corrected chi connectivity index (χ3v) is 3.14. The van der Waals surface area contributed by atoms with Crippen LogP contribution >= 0.6 is 11.6 Å². The van der Waals surface area contributed by atoms with E-state index in [0.717, 1.165) is 5.56 Å². The van der Waals surface area contributed by atoms with Gasteiger partial charge in [-0.05, 0) is 43.2 Å². The molecule has 1 unspecified atom stereocenters. The first-order valence-corrected chi connectivity index (χ1v) is 6.88. The minimum Gasteiger partial charge on any atom is -0.495 e. The van der Waals surface area contributed by atoms with E-state index in [1.807, 2.05) is 13.0 Å². The number of rotatable bonds is 5. The second-order valence-electron chi connectivity index (χ2n) is 4.68. The summed E-state index contributed by atoms with van der Waals surface area (Å²) in [7, 11) is 1.54. The summed E-state index contributed by atoms with van der Waals surface area (Å²) in [4.78, 5) is 12.0. The molecule has 1 aromatic heterocycles. The minimum atomic E-state index is -0.313. The maximum Gasteiger partial charge on any atom is 0.319 e. The van der Waals surface area contributed by atoms with Gasteiger partial charge in [-0.1, -0.05) is 11.6 Å². The van der Waals surface area contributed by atoms with Gasteiger partial charge in [-0.3, -0.25) is 0 Å². The molecule has 0 fully saturated rings. The highest BCUT2D eigenvalue weighted by Crippen LogP contribution is 2.27. The van der Waals surface area contributed by atoms with Crippen molar-refractivity contribution < 1.29 is 13.9 Å². The van der Waals surface area contributed by atoms with Crippen LogP contribution in [-0.4, -0.2) is 19.2 Å². The molecule has 0 bridgehead atoms. The number of urea groups is 1. The predicted octanol–water partition coefficient (Wildman–Crippen LogP) is 3.69. The Balaban J connectivity index is 1.93. The number of hydrogen-bond acceptors (Lipinski definition) is 3. The fourth-order valence-corrected chi connectivity index (χ4v) is 2.15. The number of ether oxygens (including phenoxy) is 1. The van der Waals surface area contributed by atoms with Crippen LogP contribution in [0.2, 0.25) is 5.02 Å². The summed E-state index contributed by atoms with van der Waals surface area (Å²) in [6, 6.07) is 6.56. The molecular weight excluding hydrogens is 292 g/mol. The Kier molecular flexibility index (Phi) is 5.11. The van der Waals surface area contributed by atoms with Crippen LogP contribution in [0.3, 0.4) is 0 Å². The number of methoxy groups -OCH3 is 1. The average molecular weight is 309 g/mol. The summed E-state index contributed by atoms with van der Waals surface area (Å²) < 4.78 is 10.2. The smallest absolute Gasteiger partial charge is 0.319 e. The zero-order chi connectivity index (χ0) is 15.2. The average Bonchev–Trinajstić information content (AvgIpc) is 2.91. The van der Waals surface area contributed by atoms with Crippen LogP contribution in [0, 0.1) is 0 Å². The van der Waals surface area contributed by atoms with Gasteiger partial charge in [0.1, 0.15) is 5.75 Å². The summed E-state index contributed by atoms with van der Waals surface area (Å²) in [5, 5.41) is 6.10. The predicted molar refractivity (Wildman–Crippen MR) is 82.0 cm³/mol. The number of anilines is 1. The quantitative estimate of drug-likeness (QED) is 0.885. The fraction of sp³-hybridized carbons (Fsp3) is 0.267. The van der Waals surface area contributed by atoms with E-state index in [1.54, 1.807) is 30.7 Å². The lowest BCUT2D eigenvalue weighted by Gasteiger charge is -2.15. The second-order valence-corrected chi connectivity index (χ2v) is 5.12. The SMILES string of the molecule is COc1ccc(Cl)cc1NC(=O)NC(C)Cc1ccoc1. The van der Waals surface area contributed by atoms with Crippen molar-refractivity contribution in [3.05, 3.63) is 47.4 Å². The van der Waals surface area contributed by atoms with Crippen molar-refractivity contribution in [3.8, 4) is 5.75 Å².